The van der Waals surface area contributed by atoms with E-state index in [1.54, 1.807) is 20.8 Å². The van der Waals surface area contributed by atoms with Crippen LogP contribution in [0.2, 0.25) is 0 Å². The van der Waals surface area contributed by atoms with E-state index in [-0.39, 0.29) is 12.6 Å². The Kier molecular flexibility index (Phi) is 9.10. The number of hydrogen-bond donors (Lipinski definition) is 0. The molecule has 0 radical (unpaired) electrons. The van der Waals surface area contributed by atoms with Gasteiger partial charge < -0.3 is 14.2 Å². The number of isocyanates is 1. The minimum absolute atomic E-state index is 0.242. The van der Waals surface area contributed by atoms with Gasteiger partial charge in [0.2, 0.25) is 6.08 Å². The van der Waals surface area contributed by atoms with Crippen molar-refractivity contribution in [2.75, 3.05) is 39.6 Å². The van der Waals surface area contributed by atoms with Crippen molar-refractivity contribution in [2.45, 2.75) is 20.8 Å². The van der Waals surface area contributed by atoms with Gasteiger partial charge in [0.25, 0.3) is 0 Å². The fourth-order valence-electron chi connectivity index (χ4n) is 0.888. The summed E-state index contributed by atoms with van der Waals surface area (Å²) in [6, 6.07) is 0. The summed E-state index contributed by atoms with van der Waals surface area (Å²) in [6.45, 7) is 7.50. The van der Waals surface area contributed by atoms with Crippen molar-refractivity contribution < 1.29 is 23.8 Å². The third-order valence-electron chi connectivity index (χ3n) is 1.86. The molecule has 18 heavy (non-hydrogen) atoms. The second-order valence-corrected chi connectivity index (χ2v) is 4.58. The first kappa shape index (κ1) is 16.8. The van der Waals surface area contributed by atoms with Crippen molar-refractivity contribution in [2.24, 2.45) is 10.4 Å². The van der Waals surface area contributed by atoms with Gasteiger partial charge in [0.15, 0.2) is 0 Å². The summed E-state index contributed by atoms with van der Waals surface area (Å²) >= 11 is 0. The molecule has 0 amide bonds. The van der Waals surface area contributed by atoms with Crippen molar-refractivity contribution in [3.63, 3.8) is 0 Å². The van der Waals surface area contributed by atoms with E-state index in [4.69, 9.17) is 14.2 Å². The van der Waals surface area contributed by atoms with Crippen molar-refractivity contribution in [3.8, 4) is 0 Å². The van der Waals surface area contributed by atoms with Crippen molar-refractivity contribution in [1.82, 2.24) is 0 Å². The molecule has 0 aliphatic rings. The van der Waals surface area contributed by atoms with E-state index in [0.29, 0.717) is 33.0 Å². The zero-order valence-corrected chi connectivity index (χ0v) is 11.2. The Balaban J connectivity index is 3.26. The molecule has 0 saturated carbocycles. The Morgan fingerprint density at radius 3 is 2.17 bits per heavy atom. The standard InChI is InChI=1S/C12H21NO5/c1-12(2,3)11(15)18-9-8-17-7-6-16-5-4-13-10-14/h4-9H2,1-3H3. The van der Waals surface area contributed by atoms with Crippen LogP contribution >= 0.6 is 0 Å². The highest BCUT2D eigenvalue weighted by molar-refractivity contribution is 5.75. The summed E-state index contributed by atoms with van der Waals surface area (Å²) in [6.07, 6.45) is 1.42. The van der Waals surface area contributed by atoms with Crippen LogP contribution in [-0.2, 0) is 23.8 Å². The van der Waals surface area contributed by atoms with Gasteiger partial charge in [0.05, 0.1) is 38.4 Å². The van der Waals surface area contributed by atoms with E-state index in [2.05, 4.69) is 4.99 Å². The van der Waals surface area contributed by atoms with Crippen molar-refractivity contribution in [1.29, 1.82) is 0 Å². The predicted octanol–water partition coefficient (Wildman–Crippen LogP) is 0.945. The molecule has 0 unspecified atom stereocenters. The van der Waals surface area contributed by atoms with Gasteiger partial charge in [-0.25, -0.2) is 9.79 Å². The highest BCUT2D eigenvalue weighted by Crippen LogP contribution is 2.14. The predicted molar refractivity (Wildman–Crippen MR) is 65.0 cm³/mol. The SMILES string of the molecule is CC(C)(C)C(=O)OCCOCCOCCN=C=O. The lowest BCUT2D eigenvalue weighted by Crippen LogP contribution is -2.24. The number of rotatable bonds is 9. The number of carbonyl (C=O) groups excluding carboxylic acids is 2. The van der Waals surface area contributed by atoms with Crippen LogP contribution in [0.15, 0.2) is 4.99 Å². The first-order chi connectivity index (χ1) is 8.48. The first-order valence-corrected chi connectivity index (χ1v) is 5.85. The summed E-state index contributed by atoms with van der Waals surface area (Å²) in [5.41, 5.74) is -0.484. The molecule has 0 saturated heterocycles. The number of esters is 1. The van der Waals surface area contributed by atoms with Crippen LogP contribution in [-0.4, -0.2) is 51.6 Å². The summed E-state index contributed by atoms with van der Waals surface area (Å²) in [4.78, 5) is 24.4. The quantitative estimate of drug-likeness (QED) is 0.267. The van der Waals surface area contributed by atoms with E-state index in [1.165, 1.54) is 6.08 Å². The maximum atomic E-state index is 11.4. The molecule has 0 N–H and O–H groups in total. The average molecular weight is 259 g/mol. The zero-order chi connectivity index (χ0) is 13.9. The Morgan fingerprint density at radius 1 is 1.06 bits per heavy atom. The molecule has 104 valence electrons. The monoisotopic (exact) mass is 259 g/mol. The lowest BCUT2D eigenvalue weighted by atomic mass is 9.97. The summed E-state index contributed by atoms with van der Waals surface area (Å²) in [5, 5.41) is 0. The van der Waals surface area contributed by atoms with E-state index >= 15 is 0 Å². The first-order valence-electron chi connectivity index (χ1n) is 5.85. The lowest BCUT2D eigenvalue weighted by Gasteiger charge is -2.16. The fraction of sp³-hybridized carbons (Fsp3) is 0.833. The van der Waals surface area contributed by atoms with Gasteiger partial charge in [-0.15, -0.1) is 0 Å². The molecule has 0 aromatic rings. The van der Waals surface area contributed by atoms with Crippen LogP contribution in [0, 0.1) is 5.41 Å². The third-order valence-corrected chi connectivity index (χ3v) is 1.86. The second kappa shape index (κ2) is 9.76. The molecule has 6 heteroatoms. The summed E-state index contributed by atoms with van der Waals surface area (Å²) in [7, 11) is 0. The molecule has 0 spiro atoms. The number of ether oxygens (including phenoxy) is 3. The van der Waals surface area contributed by atoms with E-state index < -0.39 is 5.41 Å². The molecule has 0 aromatic heterocycles. The Labute approximate surface area is 107 Å². The minimum atomic E-state index is -0.484. The fourth-order valence-corrected chi connectivity index (χ4v) is 0.888. The number of aliphatic imine (C=N–C) groups is 1. The molecule has 0 aliphatic carbocycles. The van der Waals surface area contributed by atoms with E-state index in [0.717, 1.165) is 0 Å². The van der Waals surface area contributed by atoms with Crippen LogP contribution in [0.3, 0.4) is 0 Å². The maximum Gasteiger partial charge on any atom is 0.311 e. The van der Waals surface area contributed by atoms with Gasteiger partial charge in [0.1, 0.15) is 6.61 Å². The summed E-state index contributed by atoms with van der Waals surface area (Å²) < 4.78 is 15.3. The van der Waals surface area contributed by atoms with Crippen molar-refractivity contribution in [3.05, 3.63) is 0 Å². The molecule has 0 heterocycles. The van der Waals surface area contributed by atoms with Crippen LogP contribution < -0.4 is 0 Å². The van der Waals surface area contributed by atoms with Gasteiger partial charge in [-0.1, -0.05) is 0 Å². The van der Waals surface area contributed by atoms with Crippen LogP contribution in [0.25, 0.3) is 0 Å². The van der Waals surface area contributed by atoms with Gasteiger partial charge >= 0.3 is 5.97 Å². The molecular formula is C12H21NO5. The van der Waals surface area contributed by atoms with Gasteiger partial charge in [-0.2, -0.15) is 0 Å². The largest absolute Gasteiger partial charge is 0.463 e. The molecule has 0 bridgehead atoms. The topological polar surface area (TPSA) is 74.2 Å². The molecular weight excluding hydrogens is 238 g/mol. The molecule has 0 aliphatic heterocycles. The van der Waals surface area contributed by atoms with Gasteiger partial charge in [-0.3, -0.25) is 4.79 Å². The van der Waals surface area contributed by atoms with E-state index in [1.807, 2.05) is 0 Å². The lowest BCUT2D eigenvalue weighted by molar-refractivity contribution is -0.154. The number of nitrogens with zero attached hydrogens (tertiary/aromatic N) is 1. The highest BCUT2D eigenvalue weighted by Gasteiger charge is 2.22. The minimum Gasteiger partial charge on any atom is -0.463 e. The third kappa shape index (κ3) is 9.96. The molecule has 6 nitrogen and oxygen atoms in total. The van der Waals surface area contributed by atoms with Crippen LogP contribution in [0.4, 0.5) is 0 Å². The Hall–Kier alpha value is -1.23. The highest BCUT2D eigenvalue weighted by atomic mass is 16.6. The van der Waals surface area contributed by atoms with E-state index in [9.17, 15) is 9.59 Å². The normalized spacial score (nSPS) is 10.8. The average Bonchev–Trinajstić information content (AvgIpc) is 2.30. The molecule has 0 aromatic carbocycles. The molecule has 0 atom stereocenters. The second-order valence-electron chi connectivity index (χ2n) is 4.58. The molecule has 0 fully saturated rings. The molecule has 0 rings (SSSR count). The zero-order valence-electron chi connectivity index (χ0n) is 11.2. The smallest absolute Gasteiger partial charge is 0.311 e. The summed E-state index contributed by atoms with van der Waals surface area (Å²) in [5.74, 6) is -0.242. The Bertz CT molecular complexity index is 279. The maximum absolute atomic E-state index is 11.4. The van der Waals surface area contributed by atoms with Crippen LogP contribution in [0.1, 0.15) is 20.8 Å². The van der Waals surface area contributed by atoms with Gasteiger partial charge in [0, 0.05) is 0 Å². The van der Waals surface area contributed by atoms with Crippen molar-refractivity contribution >= 4 is 12.0 Å². The Morgan fingerprint density at radius 2 is 1.61 bits per heavy atom. The number of hydrogen-bond acceptors (Lipinski definition) is 6. The number of carbonyl (C=O) groups is 1. The van der Waals surface area contributed by atoms with Crippen LogP contribution in [0.5, 0.6) is 0 Å². The van der Waals surface area contributed by atoms with Gasteiger partial charge in [-0.05, 0) is 20.8 Å².